The highest BCUT2D eigenvalue weighted by atomic mass is 32.2. The van der Waals surface area contributed by atoms with E-state index in [4.69, 9.17) is 14.2 Å². The Bertz CT molecular complexity index is 1600. The van der Waals surface area contributed by atoms with Crippen molar-refractivity contribution in [3.63, 3.8) is 0 Å². The Labute approximate surface area is 285 Å². The molecule has 0 heterocycles. The van der Waals surface area contributed by atoms with E-state index >= 15 is 0 Å². The van der Waals surface area contributed by atoms with Crippen LogP contribution in [0.4, 0.5) is 5.69 Å². The lowest BCUT2D eigenvalue weighted by Gasteiger charge is -2.30. The number of aliphatic hydroxyl groups excluding tert-OH is 1. The molecule has 9 nitrogen and oxygen atoms in total. The topological polar surface area (TPSA) is 118 Å². The summed E-state index contributed by atoms with van der Waals surface area (Å²) in [5.74, 6) is 1.04. The van der Waals surface area contributed by atoms with Gasteiger partial charge in [0, 0.05) is 18.7 Å². The summed E-state index contributed by atoms with van der Waals surface area (Å²) < 4.78 is 41.4. The summed E-state index contributed by atoms with van der Waals surface area (Å²) in [6.07, 6.45) is 3.28. The van der Waals surface area contributed by atoms with Gasteiger partial charge in [-0.25, -0.2) is 9.00 Å². The normalized spacial score (nSPS) is 17.2. The second-order valence-electron chi connectivity index (χ2n) is 11.9. The SMILES string of the molecule is CCOC(=O)c1ccc(C2CCC(NC[C@H](O)COc3ccc(OCc4ccccc4)c(N(Cc4ccccc4)S(=O)O)c3)CC2)cc1. The van der Waals surface area contributed by atoms with E-state index in [0.29, 0.717) is 54.5 Å². The summed E-state index contributed by atoms with van der Waals surface area (Å²) in [6.45, 7) is 3.07. The highest BCUT2D eigenvalue weighted by Crippen LogP contribution is 2.36. The molecule has 0 radical (unpaired) electrons. The zero-order chi connectivity index (χ0) is 33.7. The maximum absolute atomic E-state index is 12.6. The van der Waals surface area contributed by atoms with Crippen LogP contribution in [0.1, 0.15) is 65.6 Å². The molecule has 10 heteroatoms. The minimum absolute atomic E-state index is 0.0553. The maximum atomic E-state index is 12.6. The van der Waals surface area contributed by atoms with E-state index in [1.807, 2.05) is 84.9 Å². The molecule has 48 heavy (non-hydrogen) atoms. The average Bonchev–Trinajstić information content (AvgIpc) is 3.12. The van der Waals surface area contributed by atoms with Crippen LogP contribution in [0.3, 0.4) is 0 Å². The fourth-order valence-electron chi connectivity index (χ4n) is 5.90. The Morgan fingerprint density at radius 1 is 0.896 bits per heavy atom. The van der Waals surface area contributed by atoms with Crippen molar-refractivity contribution in [2.45, 2.75) is 63.8 Å². The number of nitrogens with one attached hydrogen (secondary N) is 1. The molecule has 3 N–H and O–H groups in total. The van der Waals surface area contributed by atoms with Gasteiger partial charge in [0.2, 0.25) is 0 Å². The molecule has 254 valence electrons. The summed E-state index contributed by atoms with van der Waals surface area (Å²) in [5, 5.41) is 14.2. The molecular weight excluding hydrogens is 628 g/mol. The Morgan fingerprint density at radius 3 is 2.21 bits per heavy atom. The van der Waals surface area contributed by atoms with Crippen molar-refractivity contribution in [3.8, 4) is 11.5 Å². The van der Waals surface area contributed by atoms with E-state index < -0.39 is 17.4 Å². The van der Waals surface area contributed by atoms with Crippen molar-refractivity contribution in [3.05, 3.63) is 125 Å². The first-order valence-corrected chi connectivity index (χ1v) is 17.5. The number of hydrogen-bond donors (Lipinski definition) is 3. The van der Waals surface area contributed by atoms with Gasteiger partial charge in [-0.3, -0.25) is 8.86 Å². The summed E-state index contributed by atoms with van der Waals surface area (Å²) in [5.41, 5.74) is 4.05. The van der Waals surface area contributed by atoms with Gasteiger partial charge >= 0.3 is 5.97 Å². The first-order valence-electron chi connectivity index (χ1n) is 16.4. The molecule has 0 bridgehead atoms. The molecule has 0 spiro atoms. The van der Waals surface area contributed by atoms with Crippen LogP contribution in [-0.2, 0) is 29.2 Å². The first-order chi connectivity index (χ1) is 23.4. The van der Waals surface area contributed by atoms with Crippen LogP contribution < -0.4 is 19.1 Å². The molecule has 2 atom stereocenters. The molecule has 1 aliphatic rings. The zero-order valence-corrected chi connectivity index (χ0v) is 28.0. The highest BCUT2D eigenvalue weighted by Gasteiger charge is 2.24. The third-order valence-corrected chi connectivity index (χ3v) is 9.20. The molecule has 1 saturated carbocycles. The van der Waals surface area contributed by atoms with Crippen LogP contribution in [0.5, 0.6) is 11.5 Å². The Morgan fingerprint density at radius 2 is 1.56 bits per heavy atom. The molecule has 0 aliphatic heterocycles. The molecule has 0 saturated heterocycles. The first kappa shape index (κ1) is 35.1. The van der Waals surface area contributed by atoms with Crippen LogP contribution >= 0.6 is 0 Å². The van der Waals surface area contributed by atoms with Crippen molar-refractivity contribution >= 4 is 22.9 Å². The number of hydrogen-bond acceptors (Lipinski definition) is 7. The highest BCUT2D eigenvalue weighted by molar-refractivity contribution is 7.80. The van der Waals surface area contributed by atoms with Gasteiger partial charge in [0.1, 0.15) is 30.8 Å². The number of carbonyl (C=O) groups is 1. The molecule has 5 rings (SSSR count). The number of anilines is 1. The van der Waals surface area contributed by atoms with Gasteiger partial charge in [0.05, 0.1) is 24.4 Å². The third-order valence-electron chi connectivity index (χ3n) is 8.50. The largest absolute Gasteiger partial charge is 0.491 e. The molecule has 1 aliphatic carbocycles. The van der Waals surface area contributed by atoms with Crippen LogP contribution in [0.2, 0.25) is 0 Å². The van der Waals surface area contributed by atoms with Crippen molar-refractivity contribution in [2.75, 3.05) is 24.1 Å². The van der Waals surface area contributed by atoms with Crippen molar-refractivity contribution in [1.29, 1.82) is 0 Å². The number of nitrogens with zero attached hydrogens (tertiary/aromatic N) is 1. The van der Waals surface area contributed by atoms with Gasteiger partial charge in [0.15, 0.2) is 0 Å². The fourth-order valence-corrected chi connectivity index (χ4v) is 6.47. The number of aliphatic hydroxyl groups is 1. The number of esters is 1. The predicted molar refractivity (Wildman–Crippen MR) is 188 cm³/mol. The minimum atomic E-state index is -2.34. The smallest absolute Gasteiger partial charge is 0.338 e. The Hall–Kier alpha value is -4.22. The number of carbonyl (C=O) groups excluding carboxylic acids is 1. The molecule has 1 unspecified atom stereocenters. The number of benzene rings is 4. The van der Waals surface area contributed by atoms with Gasteiger partial charge in [-0.05, 0) is 79.5 Å². The maximum Gasteiger partial charge on any atom is 0.338 e. The number of ether oxygens (including phenoxy) is 3. The fraction of sp³-hybridized carbons (Fsp3) is 0.342. The van der Waals surface area contributed by atoms with Crippen molar-refractivity contribution in [1.82, 2.24) is 5.32 Å². The van der Waals surface area contributed by atoms with Gasteiger partial charge in [-0.2, -0.15) is 0 Å². The van der Waals surface area contributed by atoms with E-state index in [1.165, 1.54) is 9.87 Å². The zero-order valence-electron chi connectivity index (χ0n) is 27.2. The van der Waals surface area contributed by atoms with Gasteiger partial charge in [-0.1, -0.05) is 72.8 Å². The quantitative estimate of drug-likeness (QED) is 0.0896. The standard InChI is InChI=1S/C38H44N2O7S/c1-2-45-38(42)32-15-13-30(14-16-32)31-17-19-33(20-18-31)39-24-34(41)27-46-35-21-22-37(47-26-29-11-7-4-8-12-29)36(23-35)40(48(43)44)25-28-9-5-3-6-10-28/h3-16,21-23,31,33-34,39,41H,2,17-20,24-27H2,1H3,(H,43,44)/t31?,33?,34-/m0/s1. The summed E-state index contributed by atoms with van der Waals surface area (Å²) in [4.78, 5) is 12.0. The molecule has 1 fully saturated rings. The van der Waals surface area contributed by atoms with Crippen molar-refractivity contribution in [2.24, 2.45) is 0 Å². The lowest BCUT2D eigenvalue weighted by Crippen LogP contribution is -2.39. The lowest BCUT2D eigenvalue weighted by atomic mass is 9.81. The van der Waals surface area contributed by atoms with Crippen molar-refractivity contribution < 1.29 is 32.9 Å². The Balaban J connectivity index is 1.15. The van der Waals surface area contributed by atoms with Crippen LogP contribution in [0.15, 0.2) is 103 Å². The van der Waals surface area contributed by atoms with Crippen LogP contribution in [0, 0.1) is 0 Å². The van der Waals surface area contributed by atoms with E-state index in [2.05, 4.69) is 5.32 Å². The lowest BCUT2D eigenvalue weighted by molar-refractivity contribution is 0.0526. The second-order valence-corrected chi connectivity index (χ2v) is 12.8. The van der Waals surface area contributed by atoms with E-state index in [-0.39, 0.29) is 19.1 Å². The van der Waals surface area contributed by atoms with E-state index in [1.54, 1.807) is 25.1 Å². The Kier molecular flexibility index (Phi) is 13.0. The monoisotopic (exact) mass is 672 g/mol. The molecular formula is C38H44N2O7S. The number of rotatable bonds is 16. The average molecular weight is 673 g/mol. The molecule has 0 aromatic heterocycles. The summed E-state index contributed by atoms with van der Waals surface area (Å²) in [6, 6.07) is 32.3. The minimum Gasteiger partial charge on any atom is -0.491 e. The van der Waals surface area contributed by atoms with Gasteiger partial charge in [0.25, 0.3) is 11.3 Å². The van der Waals surface area contributed by atoms with E-state index in [9.17, 15) is 18.7 Å². The molecule has 4 aromatic carbocycles. The molecule has 4 aromatic rings. The summed E-state index contributed by atoms with van der Waals surface area (Å²) in [7, 11) is 0. The van der Waals surface area contributed by atoms with Crippen LogP contribution in [0.25, 0.3) is 0 Å². The third kappa shape index (κ3) is 10.1. The molecule has 0 amide bonds. The summed E-state index contributed by atoms with van der Waals surface area (Å²) >= 11 is -2.34. The van der Waals surface area contributed by atoms with E-state index in [0.717, 1.165) is 36.8 Å². The predicted octanol–water partition coefficient (Wildman–Crippen LogP) is 6.64. The second kappa shape index (κ2) is 17.8. The van der Waals surface area contributed by atoms with Gasteiger partial charge in [-0.15, -0.1) is 0 Å². The van der Waals surface area contributed by atoms with Gasteiger partial charge < -0.3 is 24.6 Å². The van der Waals surface area contributed by atoms with Crippen LogP contribution in [-0.4, -0.2) is 51.7 Å².